The Morgan fingerprint density at radius 3 is 2.60 bits per heavy atom. The van der Waals surface area contributed by atoms with Gasteiger partial charge >= 0.3 is 5.97 Å². The largest absolute Gasteiger partial charge is 0.468 e. The van der Waals surface area contributed by atoms with Gasteiger partial charge in [-0.2, -0.15) is 4.31 Å². The normalized spacial score (nSPS) is 11.7. The molecule has 0 aromatic heterocycles. The van der Waals surface area contributed by atoms with Crippen LogP contribution in [0.2, 0.25) is 0 Å². The smallest absolute Gasteiger partial charge is 0.321 e. The first kappa shape index (κ1) is 17.1. The molecule has 0 saturated carbocycles. The van der Waals surface area contributed by atoms with Gasteiger partial charge in [-0.05, 0) is 40.5 Å². The molecule has 0 aliphatic carbocycles. The second-order valence-corrected chi connectivity index (χ2v) is 6.78. The van der Waals surface area contributed by atoms with Gasteiger partial charge in [0.1, 0.15) is 12.4 Å². The van der Waals surface area contributed by atoms with Crippen LogP contribution in [0.15, 0.2) is 27.6 Å². The lowest BCUT2D eigenvalue weighted by Crippen LogP contribution is -2.36. The second-order valence-electron chi connectivity index (χ2n) is 3.99. The van der Waals surface area contributed by atoms with Crippen molar-refractivity contribution in [1.82, 2.24) is 4.31 Å². The molecule has 0 bridgehead atoms. The SMILES string of the molecule is CCCN(CC(=O)OC)S(=O)(=O)c1ccc(Br)c(F)c1. The van der Waals surface area contributed by atoms with Gasteiger partial charge in [0, 0.05) is 6.54 Å². The number of carbonyl (C=O) groups excluding carboxylic acids is 1. The highest BCUT2D eigenvalue weighted by Crippen LogP contribution is 2.22. The highest BCUT2D eigenvalue weighted by atomic mass is 79.9. The van der Waals surface area contributed by atoms with E-state index in [0.717, 1.165) is 10.4 Å². The van der Waals surface area contributed by atoms with Gasteiger partial charge in [0.25, 0.3) is 0 Å². The Kier molecular flexibility index (Phi) is 6.09. The molecule has 0 atom stereocenters. The minimum atomic E-state index is -3.94. The summed E-state index contributed by atoms with van der Waals surface area (Å²) >= 11 is 2.96. The third kappa shape index (κ3) is 4.00. The Labute approximate surface area is 125 Å². The molecule has 0 saturated heterocycles. The molecule has 0 aliphatic rings. The van der Waals surface area contributed by atoms with E-state index in [-0.39, 0.29) is 15.9 Å². The number of methoxy groups -OCH3 is 1. The molecule has 20 heavy (non-hydrogen) atoms. The van der Waals surface area contributed by atoms with E-state index in [9.17, 15) is 17.6 Å². The summed E-state index contributed by atoms with van der Waals surface area (Å²) in [5.41, 5.74) is 0. The topological polar surface area (TPSA) is 63.7 Å². The number of sulfonamides is 1. The molecule has 5 nitrogen and oxygen atoms in total. The maximum Gasteiger partial charge on any atom is 0.321 e. The van der Waals surface area contributed by atoms with E-state index in [0.29, 0.717) is 6.42 Å². The van der Waals surface area contributed by atoms with Crippen molar-refractivity contribution < 1.29 is 22.3 Å². The first-order valence-electron chi connectivity index (χ1n) is 5.85. The Hall–Kier alpha value is -0.990. The fraction of sp³-hybridized carbons (Fsp3) is 0.417. The third-order valence-electron chi connectivity index (χ3n) is 2.53. The summed E-state index contributed by atoms with van der Waals surface area (Å²) in [5.74, 6) is -1.35. The Morgan fingerprint density at radius 1 is 1.45 bits per heavy atom. The maximum absolute atomic E-state index is 13.5. The zero-order valence-electron chi connectivity index (χ0n) is 11.1. The fourth-order valence-electron chi connectivity index (χ4n) is 1.53. The lowest BCUT2D eigenvalue weighted by molar-refractivity contribution is -0.140. The van der Waals surface area contributed by atoms with Crippen molar-refractivity contribution >= 4 is 31.9 Å². The molecule has 0 spiro atoms. The molecule has 112 valence electrons. The standard InChI is InChI=1S/C12H15BrFNO4S/c1-3-6-15(8-12(16)19-2)20(17,18)9-4-5-10(13)11(14)7-9/h4-5,7H,3,6,8H2,1-2H3. The Balaban J connectivity index is 3.14. The van der Waals surface area contributed by atoms with Crippen LogP contribution in [0.4, 0.5) is 4.39 Å². The molecule has 0 fully saturated rings. The summed E-state index contributed by atoms with van der Waals surface area (Å²) in [5, 5.41) is 0. The van der Waals surface area contributed by atoms with E-state index in [1.54, 1.807) is 6.92 Å². The van der Waals surface area contributed by atoms with Crippen LogP contribution in [0, 0.1) is 5.82 Å². The lowest BCUT2D eigenvalue weighted by atomic mass is 10.3. The van der Waals surface area contributed by atoms with E-state index in [4.69, 9.17) is 0 Å². The van der Waals surface area contributed by atoms with Gasteiger partial charge in [-0.3, -0.25) is 4.79 Å². The van der Waals surface area contributed by atoms with Crippen LogP contribution < -0.4 is 0 Å². The van der Waals surface area contributed by atoms with Gasteiger partial charge in [-0.1, -0.05) is 6.92 Å². The molecule has 0 amide bonds. The van der Waals surface area contributed by atoms with Gasteiger partial charge in [0.15, 0.2) is 0 Å². The fourth-order valence-corrected chi connectivity index (χ4v) is 3.26. The predicted molar refractivity (Wildman–Crippen MR) is 75.2 cm³/mol. The highest BCUT2D eigenvalue weighted by molar-refractivity contribution is 9.10. The molecule has 0 heterocycles. The summed E-state index contributed by atoms with van der Waals surface area (Å²) in [6.07, 6.45) is 0.523. The van der Waals surface area contributed by atoms with E-state index < -0.39 is 28.4 Å². The molecule has 0 unspecified atom stereocenters. The molecule has 0 aliphatic heterocycles. The van der Waals surface area contributed by atoms with Crippen molar-refractivity contribution in [2.75, 3.05) is 20.2 Å². The van der Waals surface area contributed by atoms with Crippen molar-refractivity contribution in [3.63, 3.8) is 0 Å². The number of hydrogen-bond acceptors (Lipinski definition) is 4. The number of hydrogen-bond donors (Lipinski definition) is 0. The van der Waals surface area contributed by atoms with E-state index in [1.807, 2.05) is 0 Å². The van der Waals surface area contributed by atoms with Gasteiger partial charge in [0.2, 0.25) is 10.0 Å². The van der Waals surface area contributed by atoms with Crippen molar-refractivity contribution in [3.05, 3.63) is 28.5 Å². The first-order chi connectivity index (χ1) is 9.32. The Bertz CT molecular complexity index is 591. The van der Waals surface area contributed by atoms with Crippen molar-refractivity contribution in [2.24, 2.45) is 0 Å². The first-order valence-corrected chi connectivity index (χ1v) is 8.08. The molecular formula is C12H15BrFNO4S. The zero-order chi connectivity index (χ0) is 15.3. The molecule has 1 aromatic carbocycles. The highest BCUT2D eigenvalue weighted by Gasteiger charge is 2.27. The van der Waals surface area contributed by atoms with Crippen LogP contribution in [0.25, 0.3) is 0 Å². The number of halogens is 2. The zero-order valence-corrected chi connectivity index (χ0v) is 13.5. The number of carbonyl (C=O) groups is 1. The van der Waals surface area contributed by atoms with Gasteiger partial charge < -0.3 is 4.74 Å². The third-order valence-corrected chi connectivity index (χ3v) is 5.02. The summed E-state index contributed by atoms with van der Waals surface area (Å²) in [6.45, 7) is 1.53. The second kappa shape index (κ2) is 7.14. The van der Waals surface area contributed by atoms with Crippen LogP contribution in [0.5, 0.6) is 0 Å². The number of benzene rings is 1. The van der Waals surface area contributed by atoms with Crippen LogP contribution in [0.3, 0.4) is 0 Å². The summed E-state index contributed by atoms with van der Waals surface area (Å²) in [7, 11) is -2.76. The summed E-state index contributed by atoms with van der Waals surface area (Å²) in [4.78, 5) is 11.1. The molecule has 1 aromatic rings. The Morgan fingerprint density at radius 2 is 2.10 bits per heavy atom. The predicted octanol–water partition coefficient (Wildman–Crippen LogP) is 2.16. The van der Waals surface area contributed by atoms with Crippen molar-refractivity contribution in [1.29, 1.82) is 0 Å². The van der Waals surface area contributed by atoms with Crippen molar-refractivity contribution in [2.45, 2.75) is 18.2 Å². The van der Waals surface area contributed by atoms with Crippen LogP contribution in [-0.4, -0.2) is 38.9 Å². The monoisotopic (exact) mass is 367 g/mol. The minimum Gasteiger partial charge on any atom is -0.468 e. The summed E-state index contributed by atoms with van der Waals surface area (Å²) < 4.78 is 43.8. The number of ether oxygens (including phenoxy) is 1. The molecule has 1 rings (SSSR count). The van der Waals surface area contributed by atoms with Crippen molar-refractivity contribution in [3.8, 4) is 0 Å². The molecule has 8 heteroatoms. The average Bonchev–Trinajstić information content (AvgIpc) is 2.40. The van der Waals surface area contributed by atoms with E-state index >= 15 is 0 Å². The number of esters is 1. The van der Waals surface area contributed by atoms with Gasteiger partial charge in [0.05, 0.1) is 16.5 Å². The molecule has 0 radical (unpaired) electrons. The maximum atomic E-state index is 13.5. The van der Waals surface area contributed by atoms with Crippen LogP contribution >= 0.6 is 15.9 Å². The number of rotatable bonds is 6. The average molecular weight is 368 g/mol. The van der Waals surface area contributed by atoms with Gasteiger partial charge in [-0.25, -0.2) is 12.8 Å². The minimum absolute atomic E-state index is 0.148. The number of nitrogens with zero attached hydrogens (tertiary/aromatic N) is 1. The van der Waals surface area contributed by atoms with Gasteiger partial charge in [-0.15, -0.1) is 0 Å². The van der Waals surface area contributed by atoms with E-state index in [2.05, 4.69) is 20.7 Å². The lowest BCUT2D eigenvalue weighted by Gasteiger charge is -2.20. The summed E-state index contributed by atoms with van der Waals surface area (Å²) in [6, 6.07) is 3.51. The molecule has 0 N–H and O–H groups in total. The quantitative estimate of drug-likeness (QED) is 0.722. The van der Waals surface area contributed by atoms with E-state index in [1.165, 1.54) is 19.2 Å². The van der Waals surface area contributed by atoms with Crippen LogP contribution in [-0.2, 0) is 19.6 Å². The van der Waals surface area contributed by atoms with Crippen LogP contribution in [0.1, 0.15) is 13.3 Å². The molecular weight excluding hydrogens is 353 g/mol.